The smallest absolute Gasteiger partial charge is 0.261 e. The van der Waals surface area contributed by atoms with Crippen LogP contribution in [-0.2, 0) is 16.1 Å². The summed E-state index contributed by atoms with van der Waals surface area (Å²) >= 11 is 0. The monoisotopic (exact) mass is 392 g/mol. The SMILES string of the molecule is Cc1cccc2c(=O)n(CCC(=O)Nc3ccc(N4CCOCC4)cc3)cnc12. The summed E-state index contributed by atoms with van der Waals surface area (Å²) in [4.78, 5) is 31.6. The lowest BCUT2D eigenvalue weighted by Gasteiger charge is -2.28. The van der Waals surface area contributed by atoms with Gasteiger partial charge >= 0.3 is 0 Å². The second-order valence-corrected chi connectivity index (χ2v) is 7.16. The van der Waals surface area contributed by atoms with Gasteiger partial charge in [-0.2, -0.15) is 0 Å². The molecule has 7 heteroatoms. The number of fused-ring (bicyclic) bond motifs is 1. The highest BCUT2D eigenvalue weighted by Crippen LogP contribution is 2.19. The van der Waals surface area contributed by atoms with Crippen molar-refractivity contribution in [1.82, 2.24) is 9.55 Å². The summed E-state index contributed by atoms with van der Waals surface area (Å²) in [5, 5.41) is 3.47. The van der Waals surface area contributed by atoms with Crippen molar-refractivity contribution in [3.05, 3.63) is 64.7 Å². The summed E-state index contributed by atoms with van der Waals surface area (Å²) in [6.45, 7) is 5.44. The van der Waals surface area contributed by atoms with Crippen LogP contribution in [0.3, 0.4) is 0 Å². The van der Waals surface area contributed by atoms with Crippen molar-refractivity contribution in [3.8, 4) is 0 Å². The molecule has 1 aliphatic rings. The van der Waals surface area contributed by atoms with Crippen LogP contribution in [0.15, 0.2) is 53.6 Å². The van der Waals surface area contributed by atoms with E-state index in [1.807, 2.05) is 43.3 Å². The lowest BCUT2D eigenvalue weighted by Crippen LogP contribution is -2.36. The molecule has 0 unspecified atom stereocenters. The van der Waals surface area contributed by atoms with Crippen LogP contribution in [0.1, 0.15) is 12.0 Å². The Morgan fingerprint density at radius 2 is 1.90 bits per heavy atom. The molecular formula is C22H24N4O3. The van der Waals surface area contributed by atoms with E-state index in [4.69, 9.17) is 4.74 Å². The predicted molar refractivity (Wildman–Crippen MR) is 113 cm³/mol. The van der Waals surface area contributed by atoms with Gasteiger partial charge in [-0.3, -0.25) is 14.2 Å². The molecule has 0 bridgehead atoms. The molecule has 1 amide bonds. The molecule has 29 heavy (non-hydrogen) atoms. The summed E-state index contributed by atoms with van der Waals surface area (Å²) in [7, 11) is 0. The largest absolute Gasteiger partial charge is 0.378 e. The number of rotatable bonds is 5. The standard InChI is InChI=1S/C22H24N4O3/c1-16-3-2-4-19-21(16)23-15-26(22(19)28)10-9-20(27)24-17-5-7-18(8-6-17)25-11-13-29-14-12-25/h2-8,15H,9-14H2,1H3,(H,24,27). The Labute approximate surface area is 168 Å². The lowest BCUT2D eigenvalue weighted by molar-refractivity contribution is -0.116. The third-order valence-corrected chi connectivity index (χ3v) is 5.16. The van der Waals surface area contributed by atoms with E-state index in [9.17, 15) is 9.59 Å². The summed E-state index contributed by atoms with van der Waals surface area (Å²) in [5.41, 5.74) is 3.41. The lowest BCUT2D eigenvalue weighted by atomic mass is 10.1. The Morgan fingerprint density at radius 3 is 2.66 bits per heavy atom. The normalized spacial score (nSPS) is 14.2. The number of para-hydroxylation sites is 1. The Hall–Kier alpha value is -3.19. The van der Waals surface area contributed by atoms with Gasteiger partial charge in [0.15, 0.2) is 0 Å². The van der Waals surface area contributed by atoms with Gasteiger partial charge in [0.1, 0.15) is 0 Å². The van der Waals surface area contributed by atoms with Crippen LogP contribution in [0.5, 0.6) is 0 Å². The minimum atomic E-state index is -0.139. The second-order valence-electron chi connectivity index (χ2n) is 7.16. The molecule has 0 atom stereocenters. The summed E-state index contributed by atoms with van der Waals surface area (Å²) in [6.07, 6.45) is 1.71. The van der Waals surface area contributed by atoms with Crippen molar-refractivity contribution < 1.29 is 9.53 Å². The Kier molecular flexibility index (Phi) is 5.57. The molecule has 1 aromatic heterocycles. The second kappa shape index (κ2) is 8.45. The zero-order valence-corrected chi connectivity index (χ0v) is 16.4. The van der Waals surface area contributed by atoms with Crippen molar-refractivity contribution >= 4 is 28.2 Å². The van der Waals surface area contributed by atoms with Crippen LogP contribution >= 0.6 is 0 Å². The summed E-state index contributed by atoms with van der Waals surface area (Å²) in [5.74, 6) is -0.139. The maximum absolute atomic E-state index is 12.6. The van der Waals surface area contributed by atoms with Gasteiger partial charge in [0.05, 0.1) is 30.4 Å². The number of amides is 1. The zero-order valence-electron chi connectivity index (χ0n) is 16.4. The average Bonchev–Trinajstić information content (AvgIpc) is 2.75. The topological polar surface area (TPSA) is 76.5 Å². The van der Waals surface area contributed by atoms with Crippen LogP contribution in [0.25, 0.3) is 10.9 Å². The van der Waals surface area contributed by atoms with E-state index >= 15 is 0 Å². The zero-order chi connectivity index (χ0) is 20.2. The fourth-order valence-corrected chi connectivity index (χ4v) is 3.52. The van der Waals surface area contributed by atoms with Gasteiger partial charge in [-0.1, -0.05) is 12.1 Å². The van der Waals surface area contributed by atoms with Gasteiger partial charge in [0, 0.05) is 37.4 Å². The van der Waals surface area contributed by atoms with Crippen molar-refractivity contribution in [2.45, 2.75) is 19.9 Å². The first kappa shape index (κ1) is 19.1. The fraction of sp³-hybridized carbons (Fsp3) is 0.318. The predicted octanol–water partition coefficient (Wildman–Crippen LogP) is 2.57. The number of hydrogen-bond donors (Lipinski definition) is 1. The summed E-state index contributed by atoms with van der Waals surface area (Å²) < 4.78 is 6.86. The Morgan fingerprint density at radius 1 is 1.14 bits per heavy atom. The van der Waals surface area contributed by atoms with Crippen molar-refractivity contribution in [3.63, 3.8) is 0 Å². The number of ether oxygens (including phenoxy) is 1. The first-order valence-electron chi connectivity index (χ1n) is 9.79. The van der Waals surface area contributed by atoms with E-state index in [1.54, 1.807) is 6.07 Å². The maximum Gasteiger partial charge on any atom is 0.261 e. The molecule has 150 valence electrons. The Bertz CT molecular complexity index is 1070. The quantitative estimate of drug-likeness (QED) is 0.722. The molecule has 7 nitrogen and oxygen atoms in total. The molecular weight excluding hydrogens is 368 g/mol. The number of anilines is 2. The number of aryl methyl sites for hydroxylation is 2. The van der Waals surface area contributed by atoms with E-state index in [0.29, 0.717) is 10.9 Å². The average molecular weight is 392 g/mol. The minimum absolute atomic E-state index is 0.124. The highest BCUT2D eigenvalue weighted by molar-refractivity contribution is 5.90. The van der Waals surface area contributed by atoms with Crippen molar-refractivity contribution in [1.29, 1.82) is 0 Å². The van der Waals surface area contributed by atoms with Gasteiger partial charge < -0.3 is 15.0 Å². The van der Waals surface area contributed by atoms with Crippen LogP contribution in [0.4, 0.5) is 11.4 Å². The van der Waals surface area contributed by atoms with Gasteiger partial charge in [0.2, 0.25) is 5.91 Å². The third kappa shape index (κ3) is 4.30. The van der Waals surface area contributed by atoms with Crippen molar-refractivity contribution in [2.75, 3.05) is 36.5 Å². The number of morpholine rings is 1. The molecule has 0 saturated carbocycles. The Balaban J connectivity index is 1.37. The number of nitrogens with zero attached hydrogens (tertiary/aromatic N) is 3. The first-order chi connectivity index (χ1) is 14.1. The van der Waals surface area contributed by atoms with Crippen LogP contribution in [-0.4, -0.2) is 41.8 Å². The van der Waals surface area contributed by atoms with E-state index in [2.05, 4.69) is 15.2 Å². The van der Waals surface area contributed by atoms with E-state index in [-0.39, 0.29) is 24.4 Å². The number of aromatic nitrogens is 2. The number of hydrogen-bond acceptors (Lipinski definition) is 5. The molecule has 2 heterocycles. The van der Waals surface area contributed by atoms with E-state index in [1.165, 1.54) is 10.9 Å². The molecule has 0 aliphatic carbocycles. The summed E-state index contributed by atoms with van der Waals surface area (Å²) in [6, 6.07) is 13.3. The molecule has 1 aliphatic heterocycles. The number of benzene rings is 2. The van der Waals surface area contributed by atoms with Crippen LogP contribution in [0, 0.1) is 6.92 Å². The fourth-order valence-electron chi connectivity index (χ4n) is 3.52. The molecule has 0 spiro atoms. The molecule has 1 saturated heterocycles. The van der Waals surface area contributed by atoms with Gasteiger partial charge in [-0.05, 0) is 42.8 Å². The van der Waals surface area contributed by atoms with Crippen molar-refractivity contribution in [2.24, 2.45) is 0 Å². The molecule has 1 N–H and O–H groups in total. The number of carbonyl (C=O) groups excluding carboxylic acids is 1. The van der Waals surface area contributed by atoms with Gasteiger partial charge in [0.25, 0.3) is 5.56 Å². The minimum Gasteiger partial charge on any atom is -0.378 e. The maximum atomic E-state index is 12.6. The molecule has 4 rings (SSSR count). The number of nitrogens with one attached hydrogen (secondary N) is 1. The molecule has 2 aromatic carbocycles. The molecule has 1 fully saturated rings. The third-order valence-electron chi connectivity index (χ3n) is 5.16. The highest BCUT2D eigenvalue weighted by atomic mass is 16.5. The van der Waals surface area contributed by atoms with Crippen LogP contribution in [0.2, 0.25) is 0 Å². The van der Waals surface area contributed by atoms with E-state index in [0.717, 1.165) is 43.2 Å². The van der Waals surface area contributed by atoms with Gasteiger partial charge in [-0.15, -0.1) is 0 Å². The number of carbonyl (C=O) groups is 1. The molecule has 3 aromatic rings. The van der Waals surface area contributed by atoms with Gasteiger partial charge in [-0.25, -0.2) is 4.98 Å². The molecule has 0 radical (unpaired) electrons. The van der Waals surface area contributed by atoms with Crippen LogP contribution < -0.4 is 15.8 Å². The highest BCUT2D eigenvalue weighted by Gasteiger charge is 2.12. The first-order valence-corrected chi connectivity index (χ1v) is 9.79. The van der Waals surface area contributed by atoms with E-state index < -0.39 is 0 Å².